The summed E-state index contributed by atoms with van der Waals surface area (Å²) in [4.78, 5) is 41.3. The molecule has 1 saturated carbocycles. The van der Waals surface area contributed by atoms with Gasteiger partial charge in [-0.2, -0.15) is 0 Å². The van der Waals surface area contributed by atoms with Crippen molar-refractivity contribution in [3.63, 3.8) is 0 Å². The molecule has 0 radical (unpaired) electrons. The lowest BCUT2D eigenvalue weighted by Gasteiger charge is -2.27. The Bertz CT molecular complexity index is 1340. The molecule has 11 heteroatoms. The van der Waals surface area contributed by atoms with Crippen LogP contribution in [-0.4, -0.2) is 33.2 Å². The zero-order valence-electron chi connectivity index (χ0n) is 21.1. The molecular formula is C27H29ClN4O6. The first-order chi connectivity index (χ1) is 18.2. The molecule has 0 saturated heterocycles. The van der Waals surface area contributed by atoms with Crippen LogP contribution in [-0.2, 0) is 27.5 Å². The van der Waals surface area contributed by atoms with Crippen molar-refractivity contribution in [1.29, 1.82) is 0 Å². The Kier molecular flexibility index (Phi) is 8.62. The van der Waals surface area contributed by atoms with Crippen molar-refractivity contribution < 1.29 is 28.8 Å². The highest BCUT2D eigenvalue weighted by Crippen LogP contribution is 2.32. The standard InChI is InChI=1S/C27H29ClN4O6/c1-15-20(13-29-27(36)37-14-17-7-3-6-10-21(17)28)24(38-32-15)23-12-11-22(16(2)30-23)31-25(33)18-8-4-5-9-19(18)26(34)35/h3,6-7,10-12,18-19H,4-5,8-9,13-14H2,1-2H3,(H,29,36)(H,31,33)(H,34,35). The van der Waals surface area contributed by atoms with E-state index in [1.807, 2.05) is 6.07 Å². The van der Waals surface area contributed by atoms with Gasteiger partial charge in [0.1, 0.15) is 12.3 Å². The summed E-state index contributed by atoms with van der Waals surface area (Å²) in [7, 11) is 0. The van der Waals surface area contributed by atoms with Gasteiger partial charge in [-0.3, -0.25) is 9.59 Å². The number of carbonyl (C=O) groups is 3. The lowest BCUT2D eigenvalue weighted by molar-refractivity contribution is -0.147. The summed E-state index contributed by atoms with van der Waals surface area (Å²) >= 11 is 6.10. The van der Waals surface area contributed by atoms with Crippen molar-refractivity contribution in [2.45, 2.75) is 52.7 Å². The van der Waals surface area contributed by atoms with E-state index in [-0.39, 0.29) is 19.1 Å². The van der Waals surface area contributed by atoms with Crippen LogP contribution in [0.2, 0.25) is 5.02 Å². The number of carbonyl (C=O) groups excluding carboxylic acids is 2. The lowest BCUT2D eigenvalue weighted by Crippen LogP contribution is -2.36. The predicted octanol–water partition coefficient (Wildman–Crippen LogP) is 5.26. The second-order valence-corrected chi connectivity index (χ2v) is 9.66. The van der Waals surface area contributed by atoms with E-state index < -0.39 is 23.9 Å². The number of carboxylic acids is 1. The number of hydrogen-bond acceptors (Lipinski definition) is 7. The van der Waals surface area contributed by atoms with E-state index in [4.69, 9.17) is 20.9 Å². The summed E-state index contributed by atoms with van der Waals surface area (Å²) in [6, 6.07) is 10.5. The summed E-state index contributed by atoms with van der Waals surface area (Å²) in [6.45, 7) is 3.62. The number of ether oxygens (including phenoxy) is 1. The molecule has 2 heterocycles. The van der Waals surface area contributed by atoms with Crippen LogP contribution in [0.15, 0.2) is 40.9 Å². The van der Waals surface area contributed by atoms with E-state index in [1.165, 1.54) is 0 Å². The van der Waals surface area contributed by atoms with Crippen molar-refractivity contribution in [2.24, 2.45) is 11.8 Å². The molecule has 1 aromatic carbocycles. The number of aromatic nitrogens is 2. The first kappa shape index (κ1) is 27.1. The number of carboxylic acid groups (broad SMARTS) is 1. The highest BCUT2D eigenvalue weighted by molar-refractivity contribution is 6.31. The van der Waals surface area contributed by atoms with Gasteiger partial charge in [-0.15, -0.1) is 0 Å². The van der Waals surface area contributed by atoms with Gasteiger partial charge in [0, 0.05) is 16.1 Å². The number of pyridine rings is 1. The van der Waals surface area contributed by atoms with Crippen molar-refractivity contribution in [3.8, 4) is 11.5 Å². The Labute approximate surface area is 224 Å². The fourth-order valence-electron chi connectivity index (χ4n) is 4.55. The average Bonchev–Trinajstić information content (AvgIpc) is 3.28. The number of halogens is 1. The highest BCUT2D eigenvalue weighted by Gasteiger charge is 2.36. The Morgan fingerprint density at radius 3 is 2.53 bits per heavy atom. The van der Waals surface area contributed by atoms with E-state index in [0.717, 1.165) is 12.8 Å². The molecule has 0 spiro atoms. The normalized spacial score (nSPS) is 17.0. The Hall–Kier alpha value is -3.92. The van der Waals surface area contributed by atoms with Gasteiger partial charge in [0.15, 0.2) is 5.76 Å². The monoisotopic (exact) mass is 540 g/mol. The molecule has 3 aromatic rings. The molecule has 0 bridgehead atoms. The molecule has 2 aromatic heterocycles. The van der Waals surface area contributed by atoms with Gasteiger partial charge >= 0.3 is 12.1 Å². The van der Waals surface area contributed by atoms with Gasteiger partial charge in [-0.05, 0) is 44.9 Å². The minimum atomic E-state index is -0.940. The zero-order valence-corrected chi connectivity index (χ0v) is 21.9. The van der Waals surface area contributed by atoms with Crippen molar-refractivity contribution in [1.82, 2.24) is 15.5 Å². The third-order valence-electron chi connectivity index (χ3n) is 6.71. The van der Waals surface area contributed by atoms with E-state index in [9.17, 15) is 19.5 Å². The van der Waals surface area contributed by atoms with Gasteiger partial charge in [-0.1, -0.05) is 47.8 Å². The summed E-state index contributed by atoms with van der Waals surface area (Å²) < 4.78 is 10.8. The van der Waals surface area contributed by atoms with Gasteiger partial charge in [-0.25, -0.2) is 9.78 Å². The molecule has 1 fully saturated rings. The first-order valence-corrected chi connectivity index (χ1v) is 12.7. The van der Waals surface area contributed by atoms with Crippen LogP contribution in [0.3, 0.4) is 0 Å². The number of benzene rings is 1. The largest absolute Gasteiger partial charge is 0.481 e. The highest BCUT2D eigenvalue weighted by atomic mass is 35.5. The molecule has 1 aliphatic carbocycles. The zero-order chi connectivity index (χ0) is 27.2. The van der Waals surface area contributed by atoms with Crippen molar-refractivity contribution in [3.05, 3.63) is 63.9 Å². The van der Waals surface area contributed by atoms with E-state index >= 15 is 0 Å². The van der Waals surface area contributed by atoms with E-state index in [1.54, 1.807) is 44.2 Å². The summed E-state index contributed by atoms with van der Waals surface area (Å²) in [5.74, 6) is -2.13. The average molecular weight is 541 g/mol. The maximum absolute atomic E-state index is 12.9. The smallest absolute Gasteiger partial charge is 0.407 e. The van der Waals surface area contributed by atoms with Gasteiger partial charge in [0.2, 0.25) is 5.91 Å². The number of aryl methyl sites for hydroxylation is 2. The number of nitrogens with one attached hydrogen (secondary N) is 2. The minimum Gasteiger partial charge on any atom is -0.481 e. The molecule has 0 aliphatic heterocycles. The van der Waals surface area contributed by atoms with E-state index in [2.05, 4.69) is 20.8 Å². The molecule has 4 rings (SSSR count). The Balaban J connectivity index is 1.41. The van der Waals surface area contributed by atoms with Crippen LogP contribution in [0, 0.1) is 25.7 Å². The second-order valence-electron chi connectivity index (χ2n) is 9.25. The Morgan fingerprint density at radius 2 is 1.82 bits per heavy atom. The van der Waals surface area contributed by atoms with Gasteiger partial charge in [0.25, 0.3) is 0 Å². The predicted molar refractivity (Wildman–Crippen MR) is 139 cm³/mol. The SMILES string of the molecule is Cc1nc(-c2onc(C)c2CNC(=O)OCc2ccccc2Cl)ccc1NC(=O)C1CCCCC1C(=O)O. The summed E-state index contributed by atoms with van der Waals surface area (Å²) in [5, 5.41) is 19.5. The number of aliphatic carboxylic acids is 1. The third kappa shape index (κ3) is 6.31. The molecule has 2 amide bonds. The fourth-order valence-corrected chi connectivity index (χ4v) is 4.74. The number of hydrogen-bond donors (Lipinski definition) is 3. The topological polar surface area (TPSA) is 144 Å². The van der Waals surface area contributed by atoms with Crippen LogP contribution in [0.1, 0.15) is 48.2 Å². The summed E-state index contributed by atoms with van der Waals surface area (Å²) in [5.41, 5.74) is 3.41. The van der Waals surface area contributed by atoms with Crippen LogP contribution in [0.25, 0.3) is 11.5 Å². The Morgan fingerprint density at radius 1 is 1.08 bits per heavy atom. The number of amides is 2. The van der Waals surface area contributed by atoms with Gasteiger partial charge in [0.05, 0.1) is 35.5 Å². The molecule has 2 atom stereocenters. The molecule has 10 nitrogen and oxygen atoms in total. The lowest BCUT2D eigenvalue weighted by atomic mass is 9.78. The second kappa shape index (κ2) is 12.1. The van der Waals surface area contributed by atoms with E-state index in [0.29, 0.717) is 57.5 Å². The summed E-state index contributed by atoms with van der Waals surface area (Å²) in [6.07, 6.45) is 2.05. The minimum absolute atomic E-state index is 0.0307. The molecule has 1 aliphatic rings. The third-order valence-corrected chi connectivity index (χ3v) is 7.08. The quantitative estimate of drug-likeness (QED) is 0.351. The molecule has 38 heavy (non-hydrogen) atoms. The molecule has 200 valence electrons. The van der Waals surface area contributed by atoms with Crippen LogP contribution in [0.4, 0.5) is 10.5 Å². The van der Waals surface area contributed by atoms with Crippen molar-refractivity contribution in [2.75, 3.05) is 5.32 Å². The maximum Gasteiger partial charge on any atom is 0.407 e. The molecule has 3 N–H and O–H groups in total. The number of nitrogens with zero attached hydrogens (tertiary/aromatic N) is 2. The number of rotatable bonds is 8. The van der Waals surface area contributed by atoms with Crippen LogP contribution in [0.5, 0.6) is 0 Å². The van der Waals surface area contributed by atoms with Crippen molar-refractivity contribution >= 4 is 35.3 Å². The van der Waals surface area contributed by atoms with Crippen LogP contribution < -0.4 is 10.6 Å². The fraction of sp³-hybridized carbons (Fsp3) is 0.370. The van der Waals surface area contributed by atoms with Crippen LogP contribution >= 0.6 is 11.6 Å². The number of alkyl carbamates (subject to hydrolysis) is 1. The maximum atomic E-state index is 12.9. The number of anilines is 1. The first-order valence-electron chi connectivity index (χ1n) is 12.4. The van der Waals surface area contributed by atoms with Gasteiger partial charge < -0.3 is 25.0 Å². The molecule has 2 unspecified atom stereocenters. The molecular weight excluding hydrogens is 512 g/mol.